The molecule has 0 amide bonds. The van der Waals surface area contributed by atoms with Gasteiger partial charge in [-0.25, -0.2) is 4.79 Å². The average Bonchev–Trinajstić information content (AvgIpc) is 2.37. The molecule has 0 unspecified atom stereocenters. The average molecular weight is 269 g/mol. The molecule has 0 heterocycles. The molecule has 0 aliphatic heterocycles. The molecule has 6 heteroatoms. The van der Waals surface area contributed by atoms with Crippen LogP contribution in [0.3, 0.4) is 0 Å². The Morgan fingerprint density at radius 1 is 1.42 bits per heavy atom. The Bertz CT molecular complexity index is 509. The summed E-state index contributed by atoms with van der Waals surface area (Å²) in [5, 5.41) is 9.05. The van der Waals surface area contributed by atoms with Crippen molar-refractivity contribution in [2.45, 2.75) is 26.9 Å². The molecule has 0 saturated heterocycles. The molecule has 1 aromatic carbocycles. The fourth-order valence-corrected chi connectivity index (χ4v) is 1.62. The van der Waals surface area contributed by atoms with Gasteiger partial charge in [0.25, 0.3) is 0 Å². The highest BCUT2D eigenvalue weighted by molar-refractivity contribution is 5.93. The van der Waals surface area contributed by atoms with Crippen LogP contribution in [-0.2, 0) is 11.2 Å². The smallest absolute Gasteiger partial charge is 0.387 e. The van der Waals surface area contributed by atoms with Crippen LogP contribution in [0.2, 0.25) is 0 Å². The van der Waals surface area contributed by atoms with E-state index in [1.165, 1.54) is 12.1 Å². The van der Waals surface area contributed by atoms with E-state index in [-0.39, 0.29) is 17.7 Å². The third-order valence-corrected chi connectivity index (χ3v) is 2.44. The lowest BCUT2D eigenvalue weighted by molar-refractivity contribution is -0.0506. The first-order valence-electron chi connectivity index (χ1n) is 5.73. The highest BCUT2D eigenvalue weighted by atomic mass is 19.3. The van der Waals surface area contributed by atoms with Crippen LogP contribution in [0.1, 0.15) is 35.3 Å². The van der Waals surface area contributed by atoms with Gasteiger partial charge in [-0.05, 0) is 25.0 Å². The van der Waals surface area contributed by atoms with Crippen molar-refractivity contribution in [1.82, 2.24) is 0 Å². The maximum absolute atomic E-state index is 12.4. The second-order valence-corrected chi connectivity index (χ2v) is 3.54. The van der Waals surface area contributed by atoms with E-state index >= 15 is 0 Å². The third kappa shape index (κ3) is 3.41. The van der Waals surface area contributed by atoms with E-state index in [1.54, 1.807) is 19.9 Å². The molecule has 4 nitrogen and oxygen atoms in total. The first kappa shape index (κ1) is 14.9. The summed E-state index contributed by atoms with van der Waals surface area (Å²) in [6.45, 7) is 0.348. The van der Waals surface area contributed by atoms with Crippen LogP contribution in [0.25, 0.3) is 0 Å². The molecule has 0 fully saturated rings. The summed E-state index contributed by atoms with van der Waals surface area (Å²) in [5.74, 6) is -1.22. The second-order valence-electron chi connectivity index (χ2n) is 3.54. The van der Waals surface area contributed by atoms with E-state index in [1.807, 2.05) is 0 Å². The summed E-state index contributed by atoms with van der Waals surface area (Å²) in [7, 11) is 0. The van der Waals surface area contributed by atoms with Gasteiger partial charge in [-0.15, -0.1) is 0 Å². The van der Waals surface area contributed by atoms with Crippen LogP contribution in [0, 0.1) is 11.3 Å². The van der Waals surface area contributed by atoms with Crippen molar-refractivity contribution in [3.63, 3.8) is 0 Å². The van der Waals surface area contributed by atoms with Gasteiger partial charge in [0.05, 0.1) is 12.2 Å². The van der Waals surface area contributed by atoms with Crippen LogP contribution in [0.15, 0.2) is 12.1 Å². The van der Waals surface area contributed by atoms with Gasteiger partial charge in [-0.1, -0.05) is 13.0 Å². The number of hydrogen-bond acceptors (Lipinski definition) is 4. The molecular formula is C13H13F2NO3. The molecule has 0 aromatic heterocycles. The van der Waals surface area contributed by atoms with E-state index in [9.17, 15) is 13.6 Å². The number of esters is 1. The van der Waals surface area contributed by atoms with Crippen molar-refractivity contribution in [1.29, 1.82) is 5.26 Å². The zero-order valence-electron chi connectivity index (χ0n) is 10.6. The predicted octanol–water partition coefficient (Wildman–Crippen LogP) is 2.90. The van der Waals surface area contributed by atoms with Gasteiger partial charge in [0.1, 0.15) is 11.6 Å². The number of aryl methyl sites for hydroxylation is 1. The summed E-state index contributed by atoms with van der Waals surface area (Å²) < 4.78 is 33.9. The normalized spacial score (nSPS) is 10.1. The highest BCUT2D eigenvalue weighted by Gasteiger charge is 2.22. The second kappa shape index (κ2) is 6.69. The molecule has 0 spiro atoms. The van der Waals surface area contributed by atoms with Crippen LogP contribution < -0.4 is 4.74 Å². The SMILES string of the molecule is CCOC(=O)c1ccc(CC)c(C#N)c1OC(F)F. The number of benzene rings is 1. The molecule has 1 rings (SSSR count). The molecule has 19 heavy (non-hydrogen) atoms. The summed E-state index contributed by atoms with van der Waals surface area (Å²) >= 11 is 0. The zero-order chi connectivity index (χ0) is 14.4. The highest BCUT2D eigenvalue weighted by Crippen LogP contribution is 2.29. The number of halogens is 2. The Morgan fingerprint density at radius 2 is 2.11 bits per heavy atom. The monoisotopic (exact) mass is 269 g/mol. The molecule has 0 atom stereocenters. The van der Waals surface area contributed by atoms with Gasteiger partial charge in [-0.2, -0.15) is 14.0 Å². The third-order valence-electron chi connectivity index (χ3n) is 2.44. The summed E-state index contributed by atoms with van der Waals surface area (Å²) in [5.41, 5.74) is 0.301. The fraction of sp³-hybridized carbons (Fsp3) is 0.385. The molecule has 0 aliphatic rings. The van der Waals surface area contributed by atoms with Crippen molar-refractivity contribution in [2.75, 3.05) is 6.61 Å². The molecule has 1 aromatic rings. The minimum atomic E-state index is -3.12. The van der Waals surface area contributed by atoms with Gasteiger partial charge >= 0.3 is 12.6 Å². The van der Waals surface area contributed by atoms with Crippen molar-refractivity contribution in [3.8, 4) is 11.8 Å². The van der Waals surface area contributed by atoms with Gasteiger partial charge < -0.3 is 9.47 Å². The van der Waals surface area contributed by atoms with Gasteiger partial charge in [0, 0.05) is 0 Å². The minimum Gasteiger partial charge on any atom is -0.462 e. The number of nitriles is 1. The standard InChI is InChI=1S/C13H13F2NO3/c1-3-8-5-6-9(12(17)18-4-2)11(10(8)7-16)19-13(14)15/h5-6,13H,3-4H2,1-2H3. The van der Waals surface area contributed by atoms with Crippen molar-refractivity contribution < 1.29 is 23.0 Å². The lowest BCUT2D eigenvalue weighted by Crippen LogP contribution is -2.13. The zero-order valence-corrected chi connectivity index (χ0v) is 10.6. The Labute approximate surface area is 109 Å². The Hall–Kier alpha value is -2.16. The number of ether oxygens (including phenoxy) is 2. The maximum Gasteiger partial charge on any atom is 0.387 e. The Balaban J connectivity index is 3.38. The summed E-state index contributed by atoms with van der Waals surface area (Å²) in [6, 6.07) is 4.65. The summed E-state index contributed by atoms with van der Waals surface area (Å²) in [6.07, 6.45) is 0.464. The van der Waals surface area contributed by atoms with Crippen LogP contribution in [0.4, 0.5) is 8.78 Å². The maximum atomic E-state index is 12.4. The number of alkyl halides is 2. The summed E-state index contributed by atoms with van der Waals surface area (Å²) in [4.78, 5) is 11.7. The number of carbonyl (C=O) groups excluding carboxylic acids is 1. The van der Waals surface area contributed by atoms with Gasteiger partial charge in [0.2, 0.25) is 0 Å². The number of rotatable bonds is 5. The molecule has 0 bridgehead atoms. The van der Waals surface area contributed by atoms with Gasteiger partial charge in [-0.3, -0.25) is 0 Å². The fourth-order valence-electron chi connectivity index (χ4n) is 1.62. The molecule has 0 aliphatic carbocycles. The van der Waals surface area contributed by atoms with E-state index < -0.39 is 18.3 Å². The van der Waals surface area contributed by atoms with E-state index in [2.05, 4.69) is 4.74 Å². The number of carbonyl (C=O) groups is 1. The van der Waals surface area contributed by atoms with Crippen LogP contribution in [-0.4, -0.2) is 19.2 Å². The van der Waals surface area contributed by atoms with Crippen LogP contribution in [0.5, 0.6) is 5.75 Å². The Morgan fingerprint density at radius 3 is 2.58 bits per heavy atom. The number of hydrogen-bond donors (Lipinski definition) is 0. The molecular weight excluding hydrogens is 256 g/mol. The molecule has 0 radical (unpaired) electrons. The van der Waals surface area contributed by atoms with Crippen molar-refractivity contribution in [3.05, 3.63) is 28.8 Å². The van der Waals surface area contributed by atoms with Gasteiger partial charge in [0.15, 0.2) is 5.75 Å². The van der Waals surface area contributed by atoms with Crippen molar-refractivity contribution in [2.24, 2.45) is 0 Å². The topological polar surface area (TPSA) is 59.3 Å². The van der Waals surface area contributed by atoms with Crippen molar-refractivity contribution >= 4 is 5.97 Å². The Kier molecular flexibility index (Phi) is 5.24. The van der Waals surface area contributed by atoms with E-state index in [4.69, 9.17) is 10.00 Å². The lowest BCUT2D eigenvalue weighted by Gasteiger charge is -2.13. The minimum absolute atomic E-state index is 0.0617. The largest absolute Gasteiger partial charge is 0.462 e. The number of nitrogens with zero attached hydrogens (tertiary/aromatic N) is 1. The van der Waals surface area contributed by atoms with E-state index in [0.717, 1.165) is 0 Å². The predicted molar refractivity (Wildman–Crippen MR) is 63.1 cm³/mol. The van der Waals surface area contributed by atoms with Crippen LogP contribution >= 0.6 is 0 Å². The molecule has 0 N–H and O–H groups in total. The van der Waals surface area contributed by atoms with E-state index in [0.29, 0.717) is 12.0 Å². The molecule has 0 saturated carbocycles. The first-order chi connectivity index (χ1) is 9.04. The quantitative estimate of drug-likeness (QED) is 0.771. The lowest BCUT2D eigenvalue weighted by atomic mass is 10.0. The first-order valence-corrected chi connectivity index (χ1v) is 5.73. The molecule has 102 valence electrons.